The molecular formula is C16H29N5O. The number of pyridine rings is 1. The number of likely N-dealkylation sites (tertiary alicyclic amines) is 1. The van der Waals surface area contributed by atoms with Crippen molar-refractivity contribution in [3.8, 4) is 0 Å². The van der Waals surface area contributed by atoms with Crippen LogP contribution in [0.15, 0.2) is 18.2 Å². The SMILES string of the molecule is CNCCN1C[C@H](Cc2cccc(N)n2)[C@@H](NCCCO)C1. The van der Waals surface area contributed by atoms with Crippen LogP contribution in [0.4, 0.5) is 5.82 Å². The smallest absolute Gasteiger partial charge is 0.123 e. The average molecular weight is 307 g/mol. The first kappa shape index (κ1) is 17.1. The molecule has 5 N–H and O–H groups in total. The van der Waals surface area contributed by atoms with Crippen LogP contribution in [-0.4, -0.2) is 67.4 Å². The number of nitrogens with zero attached hydrogens (tertiary/aromatic N) is 2. The highest BCUT2D eigenvalue weighted by Gasteiger charge is 2.32. The first-order chi connectivity index (χ1) is 10.7. The van der Waals surface area contributed by atoms with Gasteiger partial charge in [-0.1, -0.05) is 6.07 Å². The third-order valence-electron chi connectivity index (χ3n) is 4.24. The molecule has 0 spiro atoms. The number of aromatic nitrogens is 1. The number of aliphatic hydroxyl groups excluding tert-OH is 1. The van der Waals surface area contributed by atoms with E-state index in [4.69, 9.17) is 10.8 Å². The molecule has 0 aromatic carbocycles. The third kappa shape index (κ3) is 5.21. The van der Waals surface area contributed by atoms with Crippen molar-refractivity contribution in [3.05, 3.63) is 23.9 Å². The molecule has 1 saturated heterocycles. The monoisotopic (exact) mass is 307 g/mol. The van der Waals surface area contributed by atoms with Crippen LogP contribution in [0, 0.1) is 5.92 Å². The molecule has 0 bridgehead atoms. The van der Waals surface area contributed by atoms with E-state index in [1.165, 1.54) is 0 Å². The van der Waals surface area contributed by atoms with Crippen molar-refractivity contribution in [2.75, 3.05) is 52.1 Å². The van der Waals surface area contributed by atoms with Gasteiger partial charge in [0.25, 0.3) is 0 Å². The lowest BCUT2D eigenvalue weighted by Gasteiger charge is -2.19. The predicted octanol–water partition coefficient (Wildman–Crippen LogP) is -0.302. The van der Waals surface area contributed by atoms with Gasteiger partial charge in [-0.15, -0.1) is 0 Å². The number of nitrogen functional groups attached to an aromatic ring is 1. The first-order valence-electron chi connectivity index (χ1n) is 8.15. The summed E-state index contributed by atoms with van der Waals surface area (Å²) in [6.45, 7) is 5.31. The van der Waals surface area contributed by atoms with Gasteiger partial charge in [-0.2, -0.15) is 0 Å². The van der Waals surface area contributed by atoms with E-state index in [1.54, 1.807) is 0 Å². The average Bonchev–Trinajstić information content (AvgIpc) is 2.87. The fraction of sp³-hybridized carbons (Fsp3) is 0.688. The van der Waals surface area contributed by atoms with Crippen LogP contribution < -0.4 is 16.4 Å². The lowest BCUT2D eigenvalue weighted by molar-refractivity contribution is 0.279. The number of aliphatic hydroxyl groups is 1. The van der Waals surface area contributed by atoms with E-state index in [9.17, 15) is 0 Å². The Morgan fingerprint density at radius 3 is 2.95 bits per heavy atom. The van der Waals surface area contributed by atoms with E-state index in [2.05, 4.69) is 26.6 Å². The summed E-state index contributed by atoms with van der Waals surface area (Å²) in [5, 5.41) is 15.8. The number of likely N-dealkylation sites (N-methyl/N-ethyl adjacent to an activating group) is 1. The van der Waals surface area contributed by atoms with Gasteiger partial charge in [-0.05, 0) is 44.5 Å². The number of hydrogen-bond acceptors (Lipinski definition) is 6. The highest BCUT2D eigenvalue weighted by Crippen LogP contribution is 2.21. The molecule has 22 heavy (non-hydrogen) atoms. The zero-order valence-electron chi connectivity index (χ0n) is 13.5. The van der Waals surface area contributed by atoms with E-state index in [1.807, 2.05) is 19.2 Å². The molecule has 2 heterocycles. The Hall–Kier alpha value is -1.21. The van der Waals surface area contributed by atoms with Gasteiger partial charge in [0, 0.05) is 44.5 Å². The Balaban J connectivity index is 1.94. The van der Waals surface area contributed by atoms with Gasteiger partial charge < -0.3 is 26.4 Å². The highest BCUT2D eigenvalue weighted by atomic mass is 16.3. The molecule has 0 amide bonds. The second-order valence-corrected chi connectivity index (χ2v) is 6.02. The zero-order chi connectivity index (χ0) is 15.8. The molecule has 124 valence electrons. The Labute approximate surface area is 133 Å². The molecule has 6 heteroatoms. The van der Waals surface area contributed by atoms with Crippen LogP contribution in [0.3, 0.4) is 0 Å². The van der Waals surface area contributed by atoms with E-state index in [0.29, 0.717) is 17.8 Å². The molecule has 6 nitrogen and oxygen atoms in total. The molecule has 1 fully saturated rings. The lowest BCUT2D eigenvalue weighted by Crippen LogP contribution is -2.38. The predicted molar refractivity (Wildman–Crippen MR) is 89.7 cm³/mol. The second kappa shape index (κ2) is 9.05. The summed E-state index contributed by atoms with van der Waals surface area (Å²) >= 11 is 0. The standard InChI is InChI=1S/C16H29N5O/c1-18-7-8-21-11-13(15(12-21)19-6-3-9-22)10-14-4-2-5-16(17)20-14/h2,4-5,13,15,18-19,22H,3,6-12H2,1H3,(H2,17,20)/t13-,15-/m0/s1. The lowest BCUT2D eigenvalue weighted by atomic mass is 9.97. The first-order valence-corrected chi connectivity index (χ1v) is 8.15. The topological polar surface area (TPSA) is 86.4 Å². The van der Waals surface area contributed by atoms with Gasteiger partial charge in [0.1, 0.15) is 5.82 Å². The summed E-state index contributed by atoms with van der Waals surface area (Å²) in [5.74, 6) is 1.12. The number of hydrogen-bond donors (Lipinski definition) is 4. The Morgan fingerprint density at radius 1 is 1.36 bits per heavy atom. The minimum absolute atomic E-state index is 0.241. The number of anilines is 1. The van der Waals surface area contributed by atoms with Crippen molar-refractivity contribution in [1.82, 2.24) is 20.5 Å². The normalized spacial score (nSPS) is 22.3. The second-order valence-electron chi connectivity index (χ2n) is 6.02. The molecular weight excluding hydrogens is 278 g/mol. The summed E-state index contributed by atoms with van der Waals surface area (Å²) in [7, 11) is 1.99. The van der Waals surface area contributed by atoms with Crippen molar-refractivity contribution in [3.63, 3.8) is 0 Å². The fourth-order valence-electron chi connectivity index (χ4n) is 3.10. The van der Waals surface area contributed by atoms with Crippen LogP contribution in [0.1, 0.15) is 12.1 Å². The van der Waals surface area contributed by atoms with E-state index in [0.717, 1.165) is 51.3 Å². The molecule has 1 aliphatic heterocycles. The van der Waals surface area contributed by atoms with Gasteiger partial charge in [0.2, 0.25) is 0 Å². The minimum atomic E-state index is 0.241. The molecule has 1 aromatic rings. The Bertz CT molecular complexity index is 442. The zero-order valence-corrected chi connectivity index (χ0v) is 13.5. The van der Waals surface area contributed by atoms with Crippen molar-refractivity contribution in [2.45, 2.75) is 18.9 Å². The molecule has 2 atom stereocenters. The summed E-state index contributed by atoms with van der Waals surface area (Å²) < 4.78 is 0. The van der Waals surface area contributed by atoms with E-state index >= 15 is 0 Å². The van der Waals surface area contributed by atoms with Gasteiger partial charge in [0.05, 0.1) is 0 Å². The van der Waals surface area contributed by atoms with E-state index in [-0.39, 0.29) is 6.61 Å². The summed E-state index contributed by atoms with van der Waals surface area (Å²) in [5.41, 5.74) is 6.85. The molecule has 1 aromatic heterocycles. The largest absolute Gasteiger partial charge is 0.396 e. The summed E-state index contributed by atoms with van der Waals surface area (Å²) in [6, 6.07) is 6.30. The van der Waals surface area contributed by atoms with Crippen LogP contribution in [0.5, 0.6) is 0 Å². The van der Waals surface area contributed by atoms with Crippen molar-refractivity contribution >= 4 is 5.82 Å². The van der Waals surface area contributed by atoms with Gasteiger partial charge in [-0.3, -0.25) is 0 Å². The highest BCUT2D eigenvalue weighted by molar-refractivity contribution is 5.29. The van der Waals surface area contributed by atoms with E-state index < -0.39 is 0 Å². The molecule has 0 unspecified atom stereocenters. The number of nitrogens with one attached hydrogen (secondary N) is 2. The number of nitrogens with two attached hydrogens (primary N) is 1. The molecule has 1 aliphatic rings. The third-order valence-corrected chi connectivity index (χ3v) is 4.24. The van der Waals surface area contributed by atoms with Gasteiger partial charge >= 0.3 is 0 Å². The van der Waals surface area contributed by atoms with Crippen LogP contribution in [0.2, 0.25) is 0 Å². The van der Waals surface area contributed by atoms with Crippen molar-refractivity contribution < 1.29 is 5.11 Å². The van der Waals surface area contributed by atoms with Crippen LogP contribution in [-0.2, 0) is 6.42 Å². The maximum Gasteiger partial charge on any atom is 0.123 e. The maximum atomic E-state index is 8.96. The minimum Gasteiger partial charge on any atom is -0.396 e. The molecule has 0 aliphatic carbocycles. The van der Waals surface area contributed by atoms with Gasteiger partial charge in [-0.25, -0.2) is 4.98 Å². The molecule has 0 radical (unpaired) electrons. The van der Waals surface area contributed by atoms with Crippen molar-refractivity contribution in [1.29, 1.82) is 0 Å². The van der Waals surface area contributed by atoms with Crippen LogP contribution >= 0.6 is 0 Å². The number of rotatable bonds is 9. The maximum absolute atomic E-state index is 8.96. The van der Waals surface area contributed by atoms with Crippen LogP contribution in [0.25, 0.3) is 0 Å². The molecule has 0 saturated carbocycles. The summed E-state index contributed by atoms with van der Waals surface area (Å²) in [4.78, 5) is 6.92. The Kier molecular flexibility index (Phi) is 7.05. The molecule has 2 rings (SSSR count). The summed E-state index contributed by atoms with van der Waals surface area (Å²) in [6.07, 6.45) is 1.74. The van der Waals surface area contributed by atoms with Crippen molar-refractivity contribution in [2.24, 2.45) is 5.92 Å². The van der Waals surface area contributed by atoms with Gasteiger partial charge in [0.15, 0.2) is 0 Å². The fourth-order valence-corrected chi connectivity index (χ4v) is 3.10. The Morgan fingerprint density at radius 2 is 2.23 bits per heavy atom. The quantitative estimate of drug-likeness (QED) is 0.469.